The molecule has 2 N–H and O–H groups in total. The third kappa shape index (κ3) is 2.67. The summed E-state index contributed by atoms with van der Waals surface area (Å²) in [5.41, 5.74) is 3.26. The first-order valence-corrected chi connectivity index (χ1v) is 5.04. The highest BCUT2D eigenvalue weighted by Gasteiger charge is 2.34. The van der Waals surface area contributed by atoms with Crippen molar-refractivity contribution in [2.24, 2.45) is 5.73 Å². The molecular weight excluding hydrogens is 261 g/mol. The largest absolute Gasteiger partial charge is 0.418 e. The Kier molecular flexibility index (Phi) is 3.16. The van der Waals surface area contributed by atoms with Crippen molar-refractivity contribution in [1.29, 1.82) is 0 Å². The third-order valence-electron chi connectivity index (χ3n) is 2.24. The SMILES string of the molecule is NC(=O)c1cncc(-c2ncccc2C(F)(F)F)n1. The van der Waals surface area contributed by atoms with Gasteiger partial charge in [-0.1, -0.05) is 0 Å². The first kappa shape index (κ1) is 12.9. The van der Waals surface area contributed by atoms with E-state index in [0.717, 1.165) is 24.5 Å². The average molecular weight is 268 g/mol. The molecule has 2 rings (SSSR count). The van der Waals surface area contributed by atoms with Crippen LogP contribution in [0.5, 0.6) is 0 Å². The predicted molar refractivity (Wildman–Crippen MR) is 58.8 cm³/mol. The number of nitrogens with zero attached hydrogens (tertiary/aromatic N) is 3. The smallest absolute Gasteiger partial charge is 0.364 e. The van der Waals surface area contributed by atoms with Crippen LogP contribution in [0.25, 0.3) is 11.4 Å². The molecule has 2 aromatic heterocycles. The van der Waals surface area contributed by atoms with E-state index in [1.165, 1.54) is 6.20 Å². The number of aromatic nitrogens is 3. The summed E-state index contributed by atoms with van der Waals surface area (Å²) in [5.74, 6) is -0.876. The molecular formula is C11H7F3N4O. The number of alkyl halides is 3. The molecule has 2 heterocycles. The Hall–Kier alpha value is -2.51. The topological polar surface area (TPSA) is 81.8 Å². The van der Waals surface area contributed by atoms with Gasteiger partial charge in [0.1, 0.15) is 17.1 Å². The van der Waals surface area contributed by atoms with E-state index in [-0.39, 0.29) is 11.4 Å². The van der Waals surface area contributed by atoms with E-state index in [9.17, 15) is 18.0 Å². The minimum absolute atomic E-state index is 0.163. The summed E-state index contributed by atoms with van der Waals surface area (Å²) in [6.07, 6.45) is -1.22. The second kappa shape index (κ2) is 4.63. The molecule has 2 aromatic rings. The molecule has 5 nitrogen and oxygen atoms in total. The van der Waals surface area contributed by atoms with Gasteiger partial charge < -0.3 is 5.73 Å². The van der Waals surface area contributed by atoms with Crippen LogP contribution >= 0.6 is 0 Å². The van der Waals surface area contributed by atoms with Crippen LogP contribution in [0.4, 0.5) is 13.2 Å². The molecule has 0 unspecified atom stereocenters. The summed E-state index contributed by atoms with van der Waals surface area (Å²) in [4.78, 5) is 21.9. The number of hydrogen-bond acceptors (Lipinski definition) is 4. The summed E-state index contributed by atoms with van der Waals surface area (Å²) in [7, 11) is 0. The van der Waals surface area contributed by atoms with Gasteiger partial charge in [0.2, 0.25) is 0 Å². The number of halogens is 3. The minimum atomic E-state index is -4.58. The van der Waals surface area contributed by atoms with Crippen LogP contribution in [0.3, 0.4) is 0 Å². The van der Waals surface area contributed by atoms with Gasteiger partial charge in [-0.25, -0.2) is 4.98 Å². The van der Waals surface area contributed by atoms with Crippen LogP contribution in [0.15, 0.2) is 30.7 Å². The lowest BCUT2D eigenvalue weighted by atomic mass is 10.1. The zero-order valence-corrected chi connectivity index (χ0v) is 9.35. The number of nitrogens with two attached hydrogens (primary N) is 1. The zero-order chi connectivity index (χ0) is 14.0. The fraction of sp³-hybridized carbons (Fsp3) is 0.0909. The van der Waals surface area contributed by atoms with Crippen LogP contribution < -0.4 is 5.73 Å². The first-order valence-electron chi connectivity index (χ1n) is 5.04. The number of pyridine rings is 1. The Morgan fingerprint density at radius 2 is 2.00 bits per heavy atom. The molecule has 0 atom stereocenters. The van der Waals surface area contributed by atoms with Crippen molar-refractivity contribution in [3.63, 3.8) is 0 Å². The Balaban J connectivity index is 2.60. The minimum Gasteiger partial charge on any atom is -0.364 e. The van der Waals surface area contributed by atoms with E-state index in [1.807, 2.05) is 0 Å². The van der Waals surface area contributed by atoms with E-state index >= 15 is 0 Å². The molecule has 0 aliphatic rings. The van der Waals surface area contributed by atoms with Gasteiger partial charge in [-0.3, -0.25) is 14.8 Å². The second-order valence-electron chi connectivity index (χ2n) is 3.55. The number of carbonyl (C=O) groups is 1. The molecule has 0 radical (unpaired) electrons. The average Bonchev–Trinajstić information content (AvgIpc) is 2.38. The van der Waals surface area contributed by atoms with E-state index in [4.69, 9.17) is 5.73 Å². The molecule has 0 saturated heterocycles. The molecule has 0 fully saturated rings. The number of primary amides is 1. The maximum absolute atomic E-state index is 12.8. The molecule has 8 heteroatoms. The number of rotatable bonds is 2. The Labute approximate surface area is 105 Å². The summed E-state index contributed by atoms with van der Waals surface area (Å²) in [6, 6.07) is 2.04. The molecule has 0 aromatic carbocycles. The first-order chi connectivity index (χ1) is 8.89. The van der Waals surface area contributed by atoms with Crippen LogP contribution in [0.2, 0.25) is 0 Å². The van der Waals surface area contributed by atoms with Crippen molar-refractivity contribution >= 4 is 5.91 Å². The highest BCUT2D eigenvalue weighted by Crippen LogP contribution is 2.34. The Bertz CT molecular complexity index is 627. The summed E-state index contributed by atoms with van der Waals surface area (Å²) < 4.78 is 38.4. The van der Waals surface area contributed by atoms with E-state index in [1.54, 1.807) is 0 Å². The second-order valence-corrected chi connectivity index (χ2v) is 3.55. The van der Waals surface area contributed by atoms with Crippen molar-refractivity contribution in [3.8, 4) is 11.4 Å². The Morgan fingerprint density at radius 3 is 2.63 bits per heavy atom. The van der Waals surface area contributed by atoms with Crippen LogP contribution in [0.1, 0.15) is 16.1 Å². The molecule has 0 bridgehead atoms. The number of amides is 1. The molecule has 0 aliphatic carbocycles. The van der Waals surface area contributed by atoms with Gasteiger partial charge in [0.15, 0.2) is 0 Å². The lowest BCUT2D eigenvalue weighted by Gasteiger charge is -2.10. The lowest BCUT2D eigenvalue weighted by Crippen LogP contribution is -2.14. The maximum Gasteiger partial charge on any atom is 0.418 e. The molecule has 0 aliphatic heterocycles. The molecule has 98 valence electrons. The standard InChI is InChI=1S/C11H7F3N4O/c12-11(13,14)6-2-1-3-17-9(6)7-4-16-5-8(18-7)10(15)19/h1-5H,(H2,15,19). The van der Waals surface area contributed by atoms with Gasteiger partial charge in [-0.05, 0) is 12.1 Å². The van der Waals surface area contributed by atoms with Crippen LogP contribution in [-0.2, 0) is 6.18 Å². The lowest BCUT2D eigenvalue weighted by molar-refractivity contribution is -0.137. The van der Waals surface area contributed by atoms with Gasteiger partial charge >= 0.3 is 6.18 Å². The van der Waals surface area contributed by atoms with Gasteiger partial charge in [-0.2, -0.15) is 13.2 Å². The van der Waals surface area contributed by atoms with E-state index in [2.05, 4.69) is 15.0 Å². The predicted octanol–water partition coefficient (Wildman–Crippen LogP) is 1.66. The van der Waals surface area contributed by atoms with E-state index in [0.29, 0.717) is 0 Å². The normalized spacial score (nSPS) is 11.3. The summed E-state index contributed by atoms with van der Waals surface area (Å²) >= 11 is 0. The van der Waals surface area contributed by atoms with E-state index < -0.39 is 23.3 Å². The van der Waals surface area contributed by atoms with Crippen molar-refractivity contribution in [2.75, 3.05) is 0 Å². The summed E-state index contributed by atoms with van der Waals surface area (Å²) in [6.45, 7) is 0. The van der Waals surface area contributed by atoms with Gasteiger partial charge in [0.05, 0.1) is 18.0 Å². The maximum atomic E-state index is 12.8. The third-order valence-corrected chi connectivity index (χ3v) is 2.24. The fourth-order valence-corrected chi connectivity index (χ4v) is 1.44. The quantitative estimate of drug-likeness (QED) is 0.897. The van der Waals surface area contributed by atoms with Gasteiger partial charge in [0.25, 0.3) is 5.91 Å². The highest BCUT2D eigenvalue weighted by molar-refractivity contribution is 5.90. The van der Waals surface area contributed by atoms with Crippen molar-refractivity contribution < 1.29 is 18.0 Å². The monoisotopic (exact) mass is 268 g/mol. The van der Waals surface area contributed by atoms with Crippen LogP contribution in [0, 0.1) is 0 Å². The fourth-order valence-electron chi connectivity index (χ4n) is 1.44. The van der Waals surface area contributed by atoms with Gasteiger partial charge in [0, 0.05) is 6.20 Å². The zero-order valence-electron chi connectivity index (χ0n) is 9.35. The van der Waals surface area contributed by atoms with Crippen molar-refractivity contribution in [1.82, 2.24) is 15.0 Å². The summed E-state index contributed by atoms with van der Waals surface area (Å²) in [5, 5.41) is 0. The molecule has 1 amide bonds. The van der Waals surface area contributed by atoms with Crippen LogP contribution in [-0.4, -0.2) is 20.9 Å². The highest BCUT2D eigenvalue weighted by atomic mass is 19.4. The van der Waals surface area contributed by atoms with Crippen molar-refractivity contribution in [2.45, 2.75) is 6.18 Å². The Morgan fingerprint density at radius 1 is 1.26 bits per heavy atom. The van der Waals surface area contributed by atoms with Crippen molar-refractivity contribution in [3.05, 3.63) is 42.0 Å². The molecule has 0 saturated carbocycles. The van der Waals surface area contributed by atoms with Gasteiger partial charge in [-0.15, -0.1) is 0 Å². The molecule has 19 heavy (non-hydrogen) atoms. The number of hydrogen-bond donors (Lipinski definition) is 1. The number of carbonyl (C=O) groups excluding carboxylic acids is 1. The molecule has 0 spiro atoms.